The standard InChI is InChI=1S/C14H14N2O2S/c1-12-11-15-9-7-14(12)16-19(17,18)10-8-13-5-3-2-4-6-13/h2-11H,1H3,(H,15,16). The molecule has 1 heterocycles. The topological polar surface area (TPSA) is 59.1 Å². The van der Waals surface area contributed by atoms with Gasteiger partial charge in [-0.25, -0.2) is 8.42 Å². The number of benzene rings is 1. The van der Waals surface area contributed by atoms with Gasteiger partial charge in [-0.15, -0.1) is 0 Å². The summed E-state index contributed by atoms with van der Waals surface area (Å²) < 4.78 is 26.3. The van der Waals surface area contributed by atoms with E-state index in [4.69, 9.17) is 0 Å². The van der Waals surface area contributed by atoms with Crippen LogP contribution in [0.4, 0.5) is 5.69 Å². The van der Waals surface area contributed by atoms with E-state index in [2.05, 4.69) is 9.71 Å². The van der Waals surface area contributed by atoms with Crippen molar-refractivity contribution in [2.75, 3.05) is 4.72 Å². The number of hydrogen-bond acceptors (Lipinski definition) is 3. The Kier molecular flexibility index (Phi) is 3.97. The van der Waals surface area contributed by atoms with Crippen molar-refractivity contribution in [2.45, 2.75) is 6.92 Å². The molecule has 2 rings (SSSR count). The third-order valence-electron chi connectivity index (χ3n) is 2.51. The van der Waals surface area contributed by atoms with Gasteiger partial charge in [-0.2, -0.15) is 0 Å². The maximum absolute atomic E-state index is 11.9. The number of aryl methyl sites for hydroxylation is 1. The summed E-state index contributed by atoms with van der Waals surface area (Å²) in [6, 6.07) is 10.9. The number of aromatic nitrogens is 1. The largest absolute Gasteiger partial charge is 0.280 e. The predicted octanol–water partition coefficient (Wildman–Crippen LogP) is 2.80. The molecule has 0 radical (unpaired) electrons. The van der Waals surface area contributed by atoms with Gasteiger partial charge in [0, 0.05) is 12.4 Å². The Morgan fingerprint density at radius 2 is 1.89 bits per heavy atom. The number of rotatable bonds is 4. The average Bonchev–Trinajstić information content (AvgIpc) is 2.40. The smallest absolute Gasteiger partial charge is 0.255 e. The Morgan fingerprint density at radius 1 is 1.16 bits per heavy atom. The minimum Gasteiger partial charge on any atom is -0.280 e. The number of anilines is 1. The monoisotopic (exact) mass is 274 g/mol. The highest BCUT2D eigenvalue weighted by Gasteiger charge is 2.07. The third kappa shape index (κ3) is 3.93. The summed E-state index contributed by atoms with van der Waals surface area (Å²) in [6.45, 7) is 1.80. The molecule has 0 aliphatic rings. The molecule has 0 bridgehead atoms. The molecule has 0 saturated heterocycles. The third-order valence-corrected chi connectivity index (χ3v) is 3.51. The molecule has 0 unspecified atom stereocenters. The van der Waals surface area contributed by atoms with Gasteiger partial charge >= 0.3 is 0 Å². The molecule has 19 heavy (non-hydrogen) atoms. The fourth-order valence-corrected chi connectivity index (χ4v) is 2.45. The second-order valence-corrected chi connectivity index (χ2v) is 5.62. The lowest BCUT2D eigenvalue weighted by Crippen LogP contribution is -2.09. The lowest BCUT2D eigenvalue weighted by molar-refractivity contribution is 0.609. The zero-order valence-electron chi connectivity index (χ0n) is 10.4. The van der Waals surface area contributed by atoms with Crippen LogP contribution < -0.4 is 4.72 Å². The average molecular weight is 274 g/mol. The van der Waals surface area contributed by atoms with Gasteiger partial charge < -0.3 is 0 Å². The van der Waals surface area contributed by atoms with Crippen molar-refractivity contribution in [2.24, 2.45) is 0 Å². The van der Waals surface area contributed by atoms with E-state index < -0.39 is 10.0 Å². The molecule has 4 nitrogen and oxygen atoms in total. The van der Waals surface area contributed by atoms with Gasteiger partial charge in [0.2, 0.25) is 0 Å². The summed E-state index contributed by atoms with van der Waals surface area (Å²) in [5.41, 5.74) is 2.14. The predicted molar refractivity (Wildman–Crippen MR) is 77.0 cm³/mol. The van der Waals surface area contributed by atoms with Gasteiger partial charge in [-0.1, -0.05) is 30.3 Å². The van der Waals surface area contributed by atoms with Crippen LogP contribution in [0.1, 0.15) is 11.1 Å². The van der Waals surface area contributed by atoms with Gasteiger partial charge in [-0.05, 0) is 30.2 Å². The van der Waals surface area contributed by atoms with Crippen LogP contribution in [0.2, 0.25) is 0 Å². The Morgan fingerprint density at radius 3 is 2.58 bits per heavy atom. The van der Waals surface area contributed by atoms with Crippen molar-refractivity contribution in [1.29, 1.82) is 0 Å². The first-order valence-corrected chi connectivity index (χ1v) is 7.28. The van der Waals surface area contributed by atoms with Gasteiger partial charge in [0.15, 0.2) is 0 Å². The van der Waals surface area contributed by atoms with Crippen molar-refractivity contribution in [3.8, 4) is 0 Å². The van der Waals surface area contributed by atoms with Crippen LogP contribution in [0.3, 0.4) is 0 Å². The number of pyridine rings is 1. The maximum Gasteiger partial charge on any atom is 0.255 e. The Hall–Kier alpha value is -2.14. The highest BCUT2D eigenvalue weighted by molar-refractivity contribution is 7.95. The minimum absolute atomic E-state index is 0.535. The van der Waals surface area contributed by atoms with E-state index in [0.717, 1.165) is 16.5 Å². The molecular weight excluding hydrogens is 260 g/mol. The molecule has 1 aromatic carbocycles. The molecule has 98 valence electrons. The fourth-order valence-electron chi connectivity index (χ4n) is 1.51. The molecule has 2 aromatic rings. The van der Waals surface area contributed by atoms with Crippen LogP contribution in [-0.4, -0.2) is 13.4 Å². The van der Waals surface area contributed by atoms with Crippen LogP contribution in [0.15, 0.2) is 54.2 Å². The first-order chi connectivity index (χ1) is 9.07. The van der Waals surface area contributed by atoms with Gasteiger partial charge in [0.1, 0.15) is 0 Å². The molecule has 0 fully saturated rings. The molecule has 0 aliphatic carbocycles. The van der Waals surface area contributed by atoms with E-state index in [9.17, 15) is 8.42 Å². The lowest BCUT2D eigenvalue weighted by Gasteiger charge is -2.06. The van der Waals surface area contributed by atoms with Crippen LogP contribution in [0.5, 0.6) is 0 Å². The Labute approximate surface area is 112 Å². The first kappa shape index (κ1) is 13.3. The Balaban J connectivity index is 2.16. The number of hydrogen-bond donors (Lipinski definition) is 1. The molecule has 0 atom stereocenters. The van der Waals surface area contributed by atoms with Crippen LogP contribution in [0.25, 0.3) is 6.08 Å². The maximum atomic E-state index is 11.9. The van der Waals surface area contributed by atoms with E-state index in [-0.39, 0.29) is 0 Å². The van der Waals surface area contributed by atoms with Gasteiger partial charge in [0.25, 0.3) is 10.0 Å². The molecule has 1 N–H and O–H groups in total. The number of nitrogens with zero attached hydrogens (tertiary/aromatic N) is 1. The minimum atomic E-state index is -3.51. The van der Waals surface area contributed by atoms with Crippen LogP contribution >= 0.6 is 0 Å². The second-order valence-electron chi connectivity index (χ2n) is 4.05. The Bertz CT molecular complexity index is 680. The van der Waals surface area contributed by atoms with E-state index in [1.54, 1.807) is 31.5 Å². The first-order valence-electron chi connectivity index (χ1n) is 5.73. The summed E-state index contributed by atoms with van der Waals surface area (Å²) in [5, 5.41) is 1.15. The summed E-state index contributed by atoms with van der Waals surface area (Å²) in [7, 11) is -3.51. The fraction of sp³-hybridized carbons (Fsp3) is 0.0714. The van der Waals surface area contributed by atoms with Crippen molar-refractivity contribution in [3.63, 3.8) is 0 Å². The van der Waals surface area contributed by atoms with Crippen molar-refractivity contribution < 1.29 is 8.42 Å². The van der Waals surface area contributed by atoms with E-state index >= 15 is 0 Å². The highest BCUT2D eigenvalue weighted by atomic mass is 32.2. The highest BCUT2D eigenvalue weighted by Crippen LogP contribution is 2.14. The SMILES string of the molecule is Cc1cnccc1NS(=O)(=O)C=Cc1ccccc1. The number of sulfonamides is 1. The zero-order chi connectivity index (χ0) is 13.7. The van der Waals surface area contributed by atoms with Crippen molar-refractivity contribution >= 4 is 21.8 Å². The van der Waals surface area contributed by atoms with Crippen molar-refractivity contribution in [1.82, 2.24) is 4.98 Å². The number of nitrogens with one attached hydrogen (secondary N) is 1. The van der Waals surface area contributed by atoms with Gasteiger partial charge in [0.05, 0.1) is 11.1 Å². The van der Waals surface area contributed by atoms with Crippen molar-refractivity contribution in [3.05, 3.63) is 65.3 Å². The molecule has 5 heteroatoms. The van der Waals surface area contributed by atoms with E-state index in [0.29, 0.717) is 5.69 Å². The molecular formula is C14H14N2O2S. The zero-order valence-corrected chi connectivity index (χ0v) is 11.3. The molecule has 0 aliphatic heterocycles. The summed E-state index contributed by atoms with van der Waals surface area (Å²) >= 11 is 0. The normalized spacial score (nSPS) is 11.6. The van der Waals surface area contributed by atoms with Crippen LogP contribution in [0, 0.1) is 6.92 Å². The molecule has 0 spiro atoms. The molecule has 1 aromatic heterocycles. The summed E-state index contributed by atoms with van der Waals surface area (Å²) in [5.74, 6) is 0. The molecule has 0 amide bonds. The summed E-state index contributed by atoms with van der Waals surface area (Å²) in [6.07, 6.45) is 4.71. The summed E-state index contributed by atoms with van der Waals surface area (Å²) in [4.78, 5) is 3.92. The second kappa shape index (κ2) is 5.67. The quantitative estimate of drug-likeness (QED) is 0.932. The molecule has 0 saturated carbocycles. The van der Waals surface area contributed by atoms with E-state index in [1.807, 2.05) is 30.3 Å². The van der Waals surface area contributed by atoms with E-state index in [1.165, 1.54) is 0 Å². The van der Waals surface area contributed by atoms with Gasteiger partial charge in [-0.3, -0.25) is 9.71 Å². The van der Waals surface area contributed by atoms with Crippen LogP contribution in [-0.2, 0) is 10.0 Å². The lowest BCUT2D eigenvalue weighted by atomic mass is 10.2.